The number of esters is 1. The molecule has 7 heteroatoms. The molecule has 0 aliphatic heterocycles. The third kappa shape index (κ3) is 2.94. The molecule has 0 atom stereocenters. The Balaban J connectivity index is 3.24. The van der Waals surface area contributed by atoms with E-state index < -0.39 is 23.3 Å². The Morgan fingerprint density at radius 1 is 1.56 bits per heavy atom. The monoisotopic (exact) mass is 297 g/mol. The molecule has 0 fully saturated rings. The van der Waals surface area contributed by atoms with Crippen LogP contribution in [0.15, 0.2) is 16.9 Å². The number of halogens is 4. The second-order valence-corrected chi connectivity index (χ2v) is 3.58. The zero-order valence-electron chi connectivity index (χ0n) is 8.14. The summed E-state index contributed by atoms with van der Waals surface area (Å²) in [5.74, 6) is -1.02. The normalized spacial score (nSPS) is 11.3. The molecule has 0 unspecified atom stereocenters. The molecule has 1 aromatic rings. The van der Waals surface area contributed by atoms with E-state index >= 15 is 0 Å². The van der Waals surface area contributed by atoms with Crippen LogP contribution in [0.4, 0.5) is 13.2 Å². The number of hydrogen-bond donors (Lipinski definition) is 0. The van der Waals surface area contributed by atoms with Crippen LogP contribution >= 0.6 is 15.9 Å². The van der Waals surface area contributed by atoms with Crippen molar-refractivity contribution in [3.8, 4) is 0 Å². The fourth-order valence-electron chi connectivity index (χ4n) is 1.03. The topological polar surface area (TPSA) is 39.2 Å². The van der Waals surface area contributed by atoms with Gasteiger partial charge in [-0.1, -0.05) is 0 Å². The van der Waals surface area contributed by atoms with Gasteiger partial charge in [0.25, 0.3) is 0 Å². The van der Waals surface area contributed by atoms with Gasteiger partial charge in [-0.05, 0) is 28.9 Å². The maximum Gasteiger partial charge on any atom is 0.418 e. The molecule has 0 bridgehead atoms. The fourth-order valence-corrected chi connectivity index (χ4v) is 1.36. The zero-order valence-corrected chi connectivity index (χ0v) is 9.72. The lowest BCUT2D eigenvalue weighted by Gasteiger charge is -2.11. The van der Waals surface area contributed by atoms with Gasteiger partial charge >= 0.3 is 12.1 Å². The largest absolute Gasteiger partial charge is 0.462 e. The molecule has 88 valence electrons. The van der Waals surface area contributed by atoms with Crippen molar-refractivity contribution in [1.29, 1.82) is 0 Å². The van der Waals surface area contributed by atoms with Crippen LogP contribution in [0.5, 0.6) is 0 Å². The van der Waals surface area contributed by atoms with E-state index in [-0.39, 0.29) is 11.2 Å². The summed E-state index contributed by atoms with van der Waals surface area (Å²) >= 11 is 2.90. The van der Waals surface area contributed by atoms with Crippen LogP contribution in [-0.4, -0.2) is 17.6 Å². The number of carbonyl (C=O) groups is 1. The Bertz CT molecular complexity index is 406. The minimum atomic E-state index is -4.63. The highest BCUT2D eigenvalue weighted by atomic mass is 79.9. The van der Waals surface area contributed by atoms with Gasteiger partial charge in [-0.15, -0.1) is 0 Å². The summed E-state index contributed by atoms with van der Waals surface area (Å²) in [6.45, 7) is 1.53. The van der Waals surface area contributed by atoms with E-state index in [0.717, 1.165) is 6.07 Å². The van der Waals surface area contributed by atoms with E-state index in [1.54, 1.807) is 0 Å². The predicted molar refractivity (Wildman–Crippen MR) is 52.9 cm³/mol. The molecule has 0 aliphatic rings. The van der Waals surface area contributed by atoms with Crippen molar-refractivity contribution < 1.29 is 22.7 Å². The summed E-state index contributed by atoms with van der Waals surface area (Å²) in [5, 5.41) is 0. The van der Waals surface area contributed by atoms with Crippen molar-refractivity contribution in [2.24, 2.45) is 0 Å². The molecule has 3 nitrogen and oxygen atoms in total. The number of pyridine rings is 1. The average molecular weight is 298 g/mol. The van der Waals surface area contributed by atoms with Crippen LogP contribution in [0.1, 0.15) is 22.8 Å². The lowest BCUT2D eigenvalue weighted by molar-refractivity contribution is -0.138. The molecule has 0 saturated heterocycles. The van der Waals surface area contributed by atoms with Gasteiger partial charge in [-0.25, -0.2) is 9.78 Å². The third-order valence-corrected chi connectivity index (χ3v) is 2.11. The number of aromatic nitrogens is 1. The molecular weight excluding hydrogens is 291 g/mol. The molecular formula is C9H7BrF3NO2. The number of ether oxygens (including phenoxy) is 1. The maximum atomic E-state index is 12.5. The lowest BCUT2D eigenvalue weighted by atomic mass is 10.1. The van der Waals surface area contributed by atoms with Gasteiger partial charge in [-0.2, -0.15) is 13.2 Å². The summed E-state index contributed by atoms with van der Waals surface area (Å²) in [4.78, 5) is 14.7. The Hall–Kier alpha value is -1.11. The fraction of sp³-hybridized carbons (Fsp3) is 0.333. The van der Waals surface area contributed by atoms with Crippen LogP contribution in [-0.2, 0) is 10.9 Å². The van der Waals surface area contributed by atoms with Crippen LogP contribution < -0.4 is 0 Å². The van der Waals surface area contributed by atoms with Crippen LogP contribution in [0.2, 0.25) is 0 Å². The summed E-state index contributed by atoms with van der Waals surface area (Å²) in [6, 6.07) is 0.987. The molecule has 0 aliphatic carbocycles. The highest BCUT2D eigenvalue weighted by Gasteiger charge is 2.36. The maximum absolute atomic E-state index is 12.5. The van der Waals surface area contributed by atoms with Crippen molar-refractivity contribution in [2.45, 2.75) is 13.1 Å². The van der Waals surface area contributed by atoms with E-state index in [1.165, 1.54) is 6.92 Å². The Labute approximate surface area is 97.8 Å². The number of rotatable bonds is 2. The van der Waals surface area contributed by atoms with Gasteiger partial charge in [0.1, 0.15) is 4.60 Å². The average Bonchev–Trinajstić information content (AvgIpc) is 2.16. The second kappa shape index (κ2) is 4.82. The molecule has 0 aromatic carbocycles. The number of alkyl halides is 3. The van der Waals surface area contributed by atoms with Crippen molar-refractivity contribution in [3.05, 3.63) is 28.0 Å². The van der Waals surface area contributed by atoms with Gasteiger partial charge in [0.05, 0.1) is 17.7 Å². The Kier molecular flexibility index (Phi) is 3.90. The van der Waals surface area contributed by atoms with Crippen molar-refractivity contribution in [1.82, 2.24) is 4.98 Å². The second-order valence-electron chi connectivity index (χ2n) is 2.77. The first-order valence-electron chi connectivity index (χ1n) is 4.26. The smallest absolute Gasteiger partial charge is 0.418 e. The van der Waals surface area contributed by atoms with E-state index in [9.17, 15) is 18.0 Å². The van der Waals surface area contributed by atoms with Gasteiger partial charge in [-0.3, -0.25) is 0 Å². The molecule has 1 heterocycles. The number of carbonyl (C=O) groups excluding carboxylic acids is 1. The van der Waals surface area contributed by atoms with Crippen LogP contribution in [0, 0.1) is 0 Å². The molecule has 0 spiro atoms. The highest BCUT2D eigenvalue weighted by Crippen LogP contribution is 2.32. The van der Waals surface area contributed by atoms with Gasteiger partial charge in [0.15, 0.2) is 0 Å². The zero-order chi connectivity index (χ0) is 12.3. The van der Waals surface area contributed by atoms with Gasteiger partial charge < -0.3 is 4.74 Å². The van der Waals surface area contributed by atoms with E-state index in [1.807, 2.05) is 0 Å². The molecule has 0 N–H and O–H groups in total. The first kappa shape index (κ1) is 13.0. The Morgan fingerprint density at radius 2 is 2.19 bits per heavy atom. The van der Waals surface area contributed by atoms with E-state index in [4.69, 9.17) is 0 Å². The van der Waals surface area contributed by atoms with Crippen LogP contribution in [0.25, 0.3) is 0 Å². The highest BCUT2D eigenvalue weighted by molar-refractivity contribution is 9.10. The molecule has 0 saturated carbocycles. The van der Waals surface area contributed by atoms with Crippen LogP contribution in [0.3, 0.4) is 0 Å². The van der Waals surface area contributed by atoms with E-state index in [0.29, 0.717) is 6.20 Å². The third-order valence-electron chi connectivity index (χ3n) is 1.67. The van der Waals surface area contributed by atoms with Gasteiger partial charge in [0.2, 0.25) is 0 Å². The summed E-state index contributed by atoms with van der Waals surface area (Å²) in [7, 11) is 0. The predicted octanol–water partition coefficient (Wildman–Crippen LogP) is 3.04. The summed E-state index contributed by atoms with van der Waals surface area (Å²) in [5.41, 5.74) is -1.65. The molecule has 0 radical (unpaired) electrons. The summed E-state index contributed by atoms with van der Waals surface area (Å²) < 4.78 is 42.2. The summed E-state index contributed by atoms with van der Waals surface area (Å²) in [6.07, 6.45) is -4.04. The lowest BCUT2D eigenvalue weighted by Crippen LogP contribution is -2.15. The molecule has 1 rings (SSSR count). The standard InChI is InChI=1S/C9H7BrF3NO2/c1-2-16-8(15)5-3-7(10)14-4-6(5)9(11,12)13/h3-4H,2H2,1H3. The van der Waals surface area contributed by atoms with Crippen molar-refractivity contribution in [2.75, 3.05) is 6.61 Å². The molecule has 1 aromatic heterocycles. The van der Waals surface area contributed by atoms with E-state index in [2.05, 4.69) is 25.7 Å². The minimum absolute atomic E-state index is 0.00999. The number of hydrogen-bond acceptors (Lipinski definition) is 3. The first-order valence-corrected chi connectivity index (χ1v) is 5.05. The van der Waals surface area contributed by atoms with Crippen molar-refractivity contribution in [3.63, 3.8) is 0 Å². The first-order chi connectivity index (χ1) is 7.36. The number of nitrogens with zero attached hydrogens (tertiary/aromatic N) is 1. The Morgan fingerprint density at radius 3 is 2.69 bits per heavy atom. The molecule has 16 heavy (non-hydrogen) atoms. The van der Waals surface area contributed by atoms with Crippen molar-refractivity contribution >= 4 is 21.9 Å². The minimum Gasteiger partial charge on any atom is -0.462 e. The molecule has 0 amide bonds. The van der Waals surface area contributed by atoms with Gasteiger partial charge in [0, 0.05) is 6.20 Å². The SMILES string of the molecule is CCOC(=O)c1cc(Br)ncc1C(F)(F)F. The quantitative estimate of drug-likeness (QED) is 0.622.